The van der Waals surface area contributed by atoms with Gasteiger partial charge in [-0.05, 0) is 35.2 Å². The second-order valence-corrected chi connectivity index (χ2v) is 7.93. The summed E-state index contributed by atoms with van der Waals surface area (Å²) in [6.45, 7) is 7.73. The summed E-state index contributed by atoms with van der Waals surface area (Å²) >= 11 is 0. The van der Waals surface area contributed by atoms with E-state index < -0.39 is 17.5 Å². The van der Waals surface area contributed by atoms with Gasteiger partial charge in [0, 0.05) is 31.9 Å². The van der Waals surface area contributed by atoms with Gasteiger partial charge in [0.1, 0.15) is 0 Å². The predicted octanol–water partition coefficient (Wildman–Crippen LogP) is 4.76. The fourth-order valence-corrected chi connectivity index (χ4v) is 3.17. The van der Waals surface area contributed by atoms with Crippen molar-refractivity contribution in [1.82, 2.24) is 4.90 Å². The molecule has 0 spiro atoms. The highest BCUT2D eigenvalue weighted by Crippen LogP contribution is 2.25. The van der Waals surface area contributed by atoms with Crippen LogP contribution in [0.15, 0.2) is 36.4 Å². The van der Waals surface area contributed by atoms with Gasteiger partial charge in [0.05, 0.1) is 5.69 Å². The third-order valence-corrected chi connectivity index (χ3v) is 4.92. The van der Waals surface area contributed by atoms with Crippen LogP contribution in [-0.2, 0) is 5.41 Å². The number of amides is 2. The zero-order valence-electron chi connectivity index (χ0n) is 16.2. The summed E-state index contributed by atoms with van der Waals surface area (Å²) in [5.74, 6) is -3.88. The molecule has 1 aliphatic rings. The van der Waals surface area contributed by atoms with Gasteiger partial charge in [-0.25, -0.2) is 18.0 Å². The number of carbonyl (C=O) groups is 1. The van der Waals surface area contributed by atoms with Gasteiger partial charge >= 0.3 is 6.03 Å². The number of nitrogens with zero attached hydrogens (tertiary/aromatic N) is 2. The summed E-state index contributed by atoms with van der Waals surface area (Å²) < 4.78 is 40.5. The molecule has 3 rings (SSSR count). The van der Waals surface area contributed by atoms with Gasteiger partial charge in [-0.2, -0.15) is 0 Å². The van der Waals surface area contributed by atoms with Crippen molar-refractivity contribution in [2.24, 2.45) is 0 Å². The number of urea groups is 1. The van der Waals surface area contributed by atoms with Crippen molar-refractivity contribution in [3.05, 3.63) is 59.4 Å². The van der Waals surface area contributed by atoms with Crippen LogP contribution in [0, 0.1) is 17.5 Å². The van der Waals surface area contributed by atoms with Crippen LogP contribution >= 0.6 is 0 Å². The van der Waals surface area contributed by atoms with Crippen molar-refractivity contribution in [2.75, 3.05) is 36.4 Å². The zero-order valence-corrected chi connectivity index (χ0v) is 16.2. The van der Waals surface area contributed by atoms with Crippen LogP contribution in [0.25, 0.3) is 0 Å². The number of halogens is 3. The first-order valence-corrected chi connectivity index (χ1v) is 9.22. The van der Waals surface area contributed by atoms with E-state index in [1.54, 1.807) is 9.80 Å². The Kier molecular flexibility index (Phi) is 5.54. The van der Waals surface area contributed by atoms with Crippen molar-refractivity contribution in [3.8, 4) is 0 Å². The lowest BCUT2D eigenvalue weighted by Gasteiger charge is -2.36. The first-order valence-electron chi connectivity index (χ1n) is 9.22. The van der Waals surface area contributed by atoms with E-state index in [2.05, 4.69) is 26.1 Å². The van der Waals surface area contributed by atoms with Crippen molar-refractivity contribution < 1.29 is 18.0 Å². The zero-order chi connectivity index (χ0) is 20.5. The SMILES string of the molecule is CC(C)(C)c1ccc(NC(=O)N2CCN(c3ccc(F)c(F)c3F)CC2)cc1. The molecule has 150 valence electrons. The summed E-state index contributed by atoms with van der Waals surface area (Å²) in [6, 6.07) is 9.60. The van der Waals surface area contributed by atoms with Crippen molar-refractivity contribution >= 4 is 17.4 Å². The first kappa shape index (κ1) is 20.0. The van der Waals surface area contributed by atoms with E-state index in [0.29, 0.717) is 31.9 Å². The minimum absolute atomic E-state index is 0.0109. The van der Waals surface area contributed by atoms with Gasteiger partial charge < -0.3 is 15.1 Å². The van der Waals surface area contributed by atoms with Crippen LogP contribution in [-0.4, -0.2) is 37.1 Å². The van der Waals surface area contributed by atoms with Crippen LogP contribution in [0.3, 0.4) is 0 Å². The lowest BCUT2D eigenvalue weighted by Crippen LogP contribution is -2.50. The number of anilines is 2. The number of carbonyl (C=O) groups excluding carboxylic acids is 1. The average molecular weight is 391 g/mol. The lowest BCUT2D eigenvalue weighted by molar-refractivity contribution is 0.208. The number of rotatable bonds is 2. The fraction of sp³-hybridized carbons (Fsp3) is 0.381. The number of benzene rings is 2. The number of hydrogen-bond acceptors (Lipinski definition) is 2. The van der Waals surface area contributed by atoms with Gasteiger partial charge in [0.25, 0.3) is 0 Å². The average Bonchev–Trinajstić information content (AvgIpc) is 2.66. The second-order valence-electron chi connectivity index (χ2n) is 7.93. The van der Waals surface area contributed by atoms with Crippen molar-refractivity contribution in [1.29, 1.82) is 0 Å². The largest absolute Gasteiger partial charge is 0.366 e. The van der Waals surface area contributed by atoms with E-state index in [-0.39, 0.29) is 17.1 Å². The predicted molar refractivity (Wildman–Crippen MR) is 104 cm³/mol. The molecule has 0 aromatic heterocycles. The summed E-state index contributed by atoms with van der Waals surface area (Å²) in [4.78, 5) is 15.7. The lowest BCUT2D eigenvalue weighted by atomic mass is 9.87. The Labute approximate surface area is 162 Å². The maximum atomic E-state index is 14.0. The molecule has 0 radical (unpaired) electrons. The normalized spacial score (nSPS) is 14.9. The molecule has 0 unspecified atom stereocenters. The molecule has 2 amide bonds. The Morgan fingerprint density at radius 3 is 2.07 bits per heavy atom. The smallest absolute Gasteiger partial charge is 0.321 e. The van der Waals surface area contributed by atoms with E-state index in [1.807, 2.05) is 24.3 Å². The number of piperazine rings is 1. The quantitative estimate of drug-likeness (QED) is 0.750. The molecule has 0 bridgehead atoms. The Bertz CT molecular complexity index is 854. The highest BCUT2D eigenvalue weighted by molar-refractivity contribution is 5.89. The Hall–Kier alpha value is -2.70. The standard InChI is InChI=1S/C21H24F3N3O/c1-21(2,3)14-4-6-15(7-5-14)25-20(28)27-12-10-26(11-13-27)17-9-8-16(22)18(23)19(17)24/h4-9H,10-13H2,1-3H3,(H,25,28). The van der Waals surface area contributed by atoms with Crippen LogP contribution in [0.2, 0.25) is 0 Å². The monoisotopic (exact) mass is 391 g/mol. The molecule has 7 heteroatoms. The Balaban J connectivity index is 1.59. The maximum Gasteiger partial charge on any atom is 0.321 e. The molecule has 1 aliphatic heterocycles. The first-order chi connectivity index (χ1) is 13.2. The molecular formula is C21H24F3N3O. The van der Waals surface area contributed by atoms with E-state index in [4.69, 9.17) is 0 Å². The molecule has 0 saturated carbocycles. The summed E-state index contributed by atoms with van der Waals surface area (Å²) in [5.41, 5.74) is 1.92. The molecule has 1 saturated heterocycles. The molecule has 0 aliphatic carbocycles. The summed E-state index contributed by atoms with van der Waals surface area (Å²) in [6.07, 6.45) is 0. The van der Waals surface area contributed by atoms with Gasteiger partial charge in [0.2, 0.25) is 0 Å². The minimum atomic E-state index is -1.48. The van der Waals surface area contributed by atoms with Crippen molar-refractivity contribution in [3.63, 3.8) is 0 Å². The fourth-order valence-electron chi connectivity index (χ4n) is 3.17. The molecule has 2 aromatic rings. The van der Waals surface area contributed by atoms with Gasteiger partial charge in [0.15, 0.2) is 17.5 Å². The molecule has 0 atom stereocenters. The van der Waals surface area contributed by atoms with Crippen LogP contribution in [0.1, 0.15) is 26.3 Å². The topological polar surface area (TPSA) is 35.6 Å². The molecule has 1 N–H and O–H groups in total. The van der Waals surface area contributed by atoms with Gasteiger partial charge in [-0.15, -0.1) is 0 Å². The number of hydrogen-bond donors (Lipinski definition) is 1. The minimum Gasteiger partial charge on any atom is -0.366 e. The van der Waals surface area contributed by atoms with E-state index in [9.17, 15) is 18.0 Å². The molecule has 28 heavy (non-hydrogen) atoms. The van der Waals surface area contributed by atoms with Crippen LogP contribution < -0.4 is 10.2 Å². The van der Waals surface area contributed by atoms with E-state index in [1.165, 1.54) is 11.6 Å². The summed E-state index contributed by atoms with van der Waals surface area (Å²) in [5, 5.41) is 2.86. The molecule has 1 heterocycles. The Morgan fingerprint density at radius 1 is 0.893 bits per heavy atom. The highest BCUT2D eigenvalue weighted by atomic mass is 19.2. The van der Waals surface area contributed by atoms with E-state index in [0.717, 1.165) is 6.07 Å². The van der Waals surface area contributed by atoms with E-state index >= 15 is 0 Å². The van der Waals surface area contributed by atoms with Crippen molar-refractivity contribution in [2.45, 2.75) is 26.2 Å². The van der Waals surface area contributed by atoms with Crippen LogP contribution in [0.5, 0.6) is 0 Å². The van der Waals surface area contributed by atoms with Gasteiger partial charge in [-0.3, -0.25) is 0 Å². The molecule has 1 fully saturated rings. The highest BCUT2D eigenvalue weighted by Gasteiger charge is 2.25. The maximum absolute atomic E-state index is 14.0. The van der Waals surface area contributed by atoms with Gasteiger partial charge in [-0.1, -0.05) is 32.9 Å². The second kappa shape index (κ2) is 7.73. The number of nitrogens with one attached hydrogen (secondary N) is 1. The van der Waals surface area contributed by atoms with Crippen LogP contribution in [0.4, 0.5) is 29.3 Å². The third-order valence-electron chi connectivity index (χ3n) is 4.92. The molecule has 2 aromatic carbocycles. The molecular weight excluding hydrogens is 367 g/mol. The summed E-state index contributed by atoms with van der Waals surface area (Å²) in [7, 11) is 0. The molecule has 4 nitrogen and oxygen atoms in total. The third kappa shape index (κ3) is 4.24. The Morgan fingerprint density at radius 2 is 1.50 bits per heavy atom.